The van der Waals surface area contributed by atoms with Gasteiger partial charge in [-0.15, -0.1) is 0 Å². The Kier molecular flexibility index (Phi) is 4.41. The minimum Gasteiger partial charge on any atom is -0.485 e. The van der Waals surface area contributed by atoms with Crippen LogP contribution in [0.15, 0.2) is 53.1 Å². The molecule has 0 bridgehead atoms. The molecule has 0 saturated carbocycles. The van der Waals surface area contributed by atoms with Gasteiger partial charge in [-0.2, -0.15) is 0 Å². The van der Waals surface area contributed by atoms with E-state index in [1.807, 2.05) is 6.92 Å². The van der Waals surface area contributed by atoms with Crippen molar-refractivity contribution in [2.45, 2.75) is 20.1 Å². The van der Waals surface area contributed by atoms with Crippen LogP contribution in [0.1, 0.15) is 37.7 Å². The molecule has 0 spiro atoms. The number of nitrogens with zero attached hydrogens (tertiary/aromatic N) is 2. The number of hydrogen-bond acceptors (Lipinski definition) is 5. The molecule has 3 aromatic rings. The largest absolute Gasteiger partial charge is 0.485 e. The molecule has 0 atom stereocenters. The Bertz CT molecular complexity index is 1010. The number of imide groups is 1. The first kappa shape index (κ1) is 17.3. The summed E-state index contributed by atoms with van der Waals surface area (Å²) in [5.74, 6) is 0.443. The zero-order valence-electron chi connectivity index (χ0n) is 14.4. The first-order chi connectivity index (χ1) is 13.0. The maximum Gasteiger partial charge on any atom is 0.261 e. The Balaban J connectivity index is 1.58. The van der Waals surface area contributed by atoms with Gasteiger partial charge in [0.2, 0.25) is 0 Å². The average Bonchev–Trinajstić information content (AvgIpc) is 3.18. The molecule has 0 radical (unpaired) electrons. The number of carbonyl (C=O) groups is 2. The van der Waals surface area contributed by atoms with Crippen molar-refractivity contribution < 1.29 is 18.8 Å². The van der Waals surface area contributed by atoms with E-state index in [9.17, 15) is 9.59 Å². The lowest BCUT2D eigenvalue weighted by molar-refractivity contribution is 0.0641. The number of aromatic nitrogens is 1. The first-order valence-electron chi connectivity index (χ1n) is 8.31. The monoisotopic (exact) mass is 382 g/mol. The molecule has 6 nitrogen and oxygen atoms in total. The lowest BCUT2D eigenvalue weighted by Crippen LogP contribution is -2.29. The third-order valence-corrected chi connectivity index (χ3v) is 4.51. The number of rotatable bonds is 5. The van der Waals surface area contributed by atoms with Crippen LogP contribution < -0.4 is 4.74 Å². The van der Waals surface area contributed by atoms with E-state index in [1.165, 1.54) is 4.90 Å². The van der Waals surface area contributed by atoms with Gasteiger partial charge in [0.15, 0.2) is 5.76 Å². The predicted octanol–water partition coefficient (Wildman–Crippen LogP) is 4.01. The molecule has 136 valence electrons. The number of ether oxygens (including phenoxy) is 1. The summed E-state index contributed by atoms with van der Waals surface area (Å²) in [6.07, 6.45) is 0. The minimum atomic E-state index is -0.326. The van der Waals surface area contributed by atoms with Crippen molar-refractivity contribution in [3.63, 3.8) is 0 Å². The number of aryl methyl sites for hydroxylation is 1. The van der Waals surface area contributed by atoms with Gasteiger partial charge in [-0.1, -0.05) is 28.9 Å². The fourth-order valence-electron chi connectivity index (χ4n) is 3.00. The summed E-state index contributed by atoms with van der Waals surface area (Å²) < 4.78 is 10.9. The topological polar surface area (TPSA) is 72.6 Å². The van der Waals surface area contributed by atoms with E-state index in [4.69, 9.17) is 20.9 Å². The summed E-state index contributed by atoms with van der Waals surface area (Å²) in [7, 11) is 0. The van der Waals surface area contributed by atoms with Crippen LogP contribution in [0.2, 0.25) is 5.02 Å². The quantitative estimate of drug-likeness (QED) is 0.623. The summed E-state index contributed by atoms with van der Waals surface area (Å²) in [5, 5.41) is 4.31. The fourth-order valence-corrected chi connectivity index (χ4v) is 3.19. The van der Waals surface area contributed by atoms with Gasteiger partial charge in [-0.05, 0) is 37.3 Å². The van der Waals surface area contributed by atoms with Crippen LogP contribution in [0, 0.1) is 6.92 Å². The van der Waals surface area contributed by atoms with Crippen molar-refractivity contribution in [2.24, 2.45) is 0 Å². The van der Waals surface area contributed by atoms with Crippen molar-refractivity contribution in [2.75, 3.05) is 0 Å². The Morgan fingerprint density at radius 1 is 1.07 bits per heavy atom. The molecule has 0 aliphatic carbocycles. The highest BCUT2D eigenvalue weighted by Crippen LogP contribution is 2.29. The average molecular weight is 383 g/mol. The fraction of sp³-hybridized carbons (Fsp3) is 0.150. The van der Waals surface area contributed by atoms with E-state index in [1.54, 1.807) is 48.5 Å². The first-order valence-corrected chi connectivity index (χ1v) is 8.69. The minimum absolute atomic E-state index is 0.0671. The van der Waals surface area contributed by atoms with Crippen LogP contribution >= 0.6 is 11.6 Å². The van der Waals surface area contributed by atoms with Crippen molar-refractivity contribution in [3.8, 4) is 5.75 Å². The third-order valence-electron chi connectivity index (χ3n) is 4.28. The van der Waals surface area contributed by atoms with Crippen LogP contribution in [0.5, 0.6) is 5.75 Å². The number of fused-ring (bicyclic) bond motifs is 1. The van der Waals surface area contributed by atoms with Crippen LogP contribution in [-0.2, 0) is 13.2 Å². The second-order valence-electron chi connectivity index (χ2n) is 6.22. The molecule has 0 N–H and O–H groups in total. The SMILES string of the molecule is Cc1cc(COc2ccc(Cl)cc2CN2C(=O)c3ccccc3C2=O)on1. The number of benzene rings is 2. The van der Waals surface area contributed by atoms with Gasteiger partial charge in [0.05, 0.1) is 23.4 Å². The number of carbonyl (C=O) groups excluding carboxylic acids is 2. The molecular formula is C20H15ClN2O4. The summed E-state index contributed by atoms with van der Waals surface area (Å²) in [5.41, 5.74) is 2.21. The van der Waals surface area contributed by atoms with E-state index in [0.29, 0.717) is 33.2 Å². The molecule has 2 heterocycles. The second kappa shape index (κ2) is 6.89. The highest BCUT2D eigenvalue weighted by molar-refractivity contribution is 6.30. The molecule has 2 amide bonds. The molecule has 1 aliphatic heterocycles. The van der Waals surface area contributed by atoms with Crippen molar-refractivity contribution in [1.82, 2.24) is 10.1 Å². The van der Waals surface area contributed by atoms with E-state index in [2.05, 4.69) is 5.16 Å². The Labute approximate surface area is 160 Å². The van der Waals surface area contributed by atoms with Crippen LogP contribution in [0.25, 0.3) is 0 Å². The summed E-state index contributed by atoms with van der Waals surface area (Å²) >= 11 is 6.11. The normalized spacial score (nSPS) is 13.2. The molecule has 0 unspecified atom stereocenters. The van der Waals surface area contributed by atoms with Crippen molar-refractivity contribution >= 4 is 23.4 Å². The van der Waals surface area contributed by atoms with Gasteiger partial charge in [0.1, 0.15) is 12.4 Å². The van der Waals surface area contributed by atoms with E-state index in [0.717, 1.165) is 5.69 Å². The molecule has 2 aromatic carbocycles. The van der Waals surface area contributed by atoms with E-state index in [-0.39, 0.29) is 25.0 Å². The van der Waals surface area contributed by atoms with Gasteiger partial charge in [-0.25, -0.2) is 0 Å². The smallest absolute Gasteiger partial charge is 0.261 e. The summed E-state index contributed by atoms with van der Waals surface area (Å²) in [4.78, 5) is 26.4. The van der Waals surface area contributed by atoms with E-state index < -0.39 is 0 Å². The molecule has 7 heteroatoms. The van der Waals surface area contributed by atoms with Gasteiger partial charge >= 0.3 is 0 Å². The molecule has 1 aliphatic rings. The maximum atomic E-state index is 12.6. The predicted molar refractivity (Wildman–Crippen MR) is 97.7 cm³/mol. The lowest BCUT2D eigenvalue weighted by atomic mass is 10.1. The Morgan fingerprint density at radius 3 is 2.41 bits per heavy atom. The number of halogens is 1. The highest BCUT2D eigenvalue weighted by Gasteiger charge is 2.35. The van der Waals surface area contributed by atoms with E-state index >= 15 is 0 Å². The molecule has 0 saturated heterocycles. The molecular weight excluding hydrogens is 368 g/mol. The zero-order chi connectivity index (χ0) is 19.0. The Hall–Kier alpha value is -3.12. The van der Waals surface area contributed by atoms with Gasteiger partial charge in [-0.3, -0.25) is 14.5 Å². The van der Waals surface area contributed by atoms with Crippen molar-refractivity contribution in [3.05, 3.63) is 81.7 Å². The molecule has 0 fully saturated rings. The molecule has 4 rings (SSSR count). The van der Waals surface area contributed by atoms with Crippen LogP contribution in [-0.4, -0.2) is 21.9 Å². The van der Waals surface area contributed by atoms with Gasteiger partial charge in [0.25, 0.3) is 11.8 Å². The van der Waals surface area contributed by atoms with Gasteiger partial charge < -0.3 is 9.26 Å². The zero-order valence-corrected chi connectivity index (χ0v) is 15.2. The van der Waals surface area contributed by atoms with Crippen molar-refractivity contribution in [1.29, 1.82) is 0 Å². The summed E-state index contributed by atoms with van der Waals surface area (Å²) in [6.45, 7) is 2.07. The maximum absolute atomic E-state index is 12.6. The second-order valence-corrected chi connectivity index (χ2v) is 6.65. The Morgan fingerprint density at radius 2 is 1.78 bits per heavy atom. The molecule has 1 aromatic heterocycles. The number of amides is 2. The van der Waals surface area contributed by atoms with Crippen LogP contribution in [0.4, 0.5) is 0 Å². The molecule has 27 heavy (non-hydrogen) atoms. The standard InChI is InChI=1S/C20H15ClN2O4/c1-12-8-15(27-22-12)11-26-18-7-6-14(21)9-13(18)10-23-19(24)16-4-2-3-5-17(16)20(23)25/h2-9H,10-11H2,1H3. The summed E-state index contributed by atoms with van der Waals surface area (Å²) in [6, 6.07) is 13.6. The van der Waals surface area contributed by atoms with Gasteiger partial charge in [0, 0.05) is 16.7 Å². The lowest BCUT2D eigenvalue weighted by Gasteiger charge is -2.17. The van der Waals surface area contributed by atoms with Crippen LogP contribution in [0.3, 0.4) is 0 Å². The third kappa shape index (κ3) is 3.31. The highest BCUT2D eigenvalue weighted by atomic mass is 35.5. The number of hydrogen-bond donors (Lipinski definition) is 0.